The molecule has 8 heteroatoms. The van der Waals surface area contributed by atoms with E-state index in [1.54, 1.807) is 22.7 Å². The molecule has 0 bridgehead atoms. The van der Waals surface area contributed by atoms with Crippen LogP contribution in [-0.4, -0.2) is 36.0 Å². The molecule has 2 aromatic heterocycles. The van der Waals surface area contributed by atoms with Gasteiger partial charge in [-0.05, 0) is 50.2 Å². The molecule has 0 aliphatic carbocycles. The van der Waals surface area contributed by atoms with Gasteiger partial charge in [0, 0.05) is 23.5 Å². The highest BCUT2D eigenvalue weighted by molar-refractivity contribution is 7.22. The minimum atomic E-state index is -0.158. The van der Waals surface area contributed by atoms with E-state index in [1.165, 1.54) is 10.4 Å². The lowest BCUT2D eigenvalue weighted by Crippen LogP contribution is -2.25. The Morgan fingerprint density at radius 1 is 1.16 bits per heavy atom. The number of likely N-dealkylation sites (N-methyl/N-ethyl adjacent to an activating group) is 1. The SMILES string of the molecule is Cc1ccc(OCC(=O)Nc2sc3c(c2-c2nc4ccccc4s2)CCN(C)C3)cc1.Cl. The van der Waals surface area contributed by atoms with Crippen LogP contribution in [0.1, 0.15) is 16.0 Å². The van der Waals surface area contributed by atoms with Crippen LogP contribution in [0, 0.1) is 6.92 Å². The standard InChI is InChI=1S/C24H23N3O2S2.ClH/c1-15-7-9-16(10-8-15)29-14-21(28)26-24-22(17-11-12-27(2)13-20(17)31-24)23-25-18-5-3-4-6-19(18)30-23;/h3-10H,11-14H2,1-2H3,(H,26,28);1H. The van der Waals surface area contributed by atoms with Crippen LogP contribution in [0.5, 0.6) is 5.75 Å². The van der Waals surface area contributed by atoms with Gasteiger partial charge in [0.1, 0.15) is 15.8 Å². The van der Waals surface area contributed by atoms with Gasteiger partial charge in [-0.1, -0.05) is 29.8 Å². The number of carbonyl (C=O) groups excluding carboxylic acids is 1. The number of amides is 1. The molecule has 0 saturated heterocycles. The van der Waals surface area contributed by atoms with Gasteiger partial charge in [-0.2, -0.15) is 0 Å². The zero-order valence-corrected chi connectivity index (χ0v) is 20.3. The second-order valence-corrected chi connectivity index (χ2v) is 9.97. The topological polar surface area (TPSA) is 54.5 Å². The van der Waals surface area contributed by atoms with Gasteiger partial charge in [-0.3, -0.25) is 4.79 Å². The fourth-order valence-corrected chi connectivity index (χ4v) is 6.23. The first kappa shape index (κ1) is 22.7. The van der Waals surface area contributed by atoms with Crippen molar-refractivity contribution in [2.45, 2.75) is 19.9 Å². The second-order valence-electron chi connectivity index (χ2n) is 7.83. The van der Waals surface area contributed by atoms with Crippen LogP contribution in [0.3, 0.4) is 0 Å². The first-order valence-electron chi connectivity index (χ1n) is 10.2. The number of aromatic nitrogens is 1. The maximum absolute atomic E-state index is 12.7. The summed E-state index contributed by atoms with van der Waals surface area (Å²) in [5, 5.41) is 4.95. The average molecular weight is 486 g/mol. The summed E-state index contributed by atoms with van der Waals surface area (Å²) >= 11 is 3.34. The van der Waals surface area contributed by atoms with Gasteiger partial charge >= 0.3 is 0 Å². The molecule has 166 valence electrons. The monoisotopic (exact) mass is 485 g/mol. The molecule has 2 aromatic carbocycles. The number of thiazole rings is 1. The number of hydrogen-bond acceptors (Lipinski definition) is 6. The number of nitrogens with zero attached hydrogens (tertiary/aromatic N) is 2. The number of hydrogen-bond donors (Lipinski definition) is 1. The summed E-state index contributed by atoms with van der Waals surface area (Å²) in [6, 6.07) is 15.9. The molecule has 0 unspecified atom stereocenters. The van der Waals surface area contributed by atoms with E-state index in [1.807, 2.05) is 49.4 Å². The number of thiophene rings is 1. The zero-order chi connectivity index (χ0) is 21.4. The molecule has 4 aromatic rings. The van der Waals surface area contributed by atoms with Gasteiger partial charge in [0.2, 0.25) is 0 Å². The van der Waals surface area contributed by atoms with Crippen LogP contribution >= 0.6 is 35.1 Å². The van der Waals surface area contributed by atoms with Gasteiger partial charge in [0.05, 0.1) is 10.2 Å². The van der Waals surface area contributed by atoms with Crippen molar-refractivity contribution in [1.29, 1.82) is 0 Å². The Balaban J connectivity index is 0.00000245. The zero-order valence-electron chi connectivity index (χ0n) is 17.9. The molecule has 0 fully saturated rings. The number of ether oxygens (including phenoxy) is 1. The van der Waals surface area contributed by atoms with Gasteiger partial charge in [0.25, 0.3) is 5.91 Å². The van der Waals surface area contributed by atoms with E-state index in [-0.39, 0.29) is 24.9 Å². The minimum absolute atomic E-state index is 0. The van der Waals surface area contributed by atoms with Crippen molar-refractivity contribution >= 4 is 56.2 Å². The third-order valence-electron chi connectivity index (χ3n) is 5.40. The van der Waals surface area contributed by atoms with Crippen LogP contribution in [0.2, 0.25) is 0 Å². The highest BCUT2D eigenvalue weighted by Gasteiger charge is 2.26. The Morgan fingerprint density at radius 3 is 2.72 bits per heavy atom. The summed E-state index contributed by atoms with van der Waals surface area (Å²) in [7, 11) is 2.13. The normalized spacial score (nSPS) is 13.4. The molecule has 3 heterocycles. The lowest BCUT2D eigenvalue weighted by atomic mass is 10.0. The first-order valence-corrected chi connectivity index (χ1v) is 11.9. The summed E-state index contributed by atoms with van der Waals surface area (Å²) in [6.45, 7) is 3.90. The predicted molar refractivity (Wildman–Crippen MR) is 136 cm³/mol. The van der Waals surface area contributed by atoms with E-state index < -0.39 is 0 Å². The Hall–Kier alpha value is -2.45. The Morgan fingerprint density at radius 2 is 1.94 bits per heavy atom. The van der Waals surface area contributed by atoms with Crippen molar-refractivity contribution in [3.05, 3.63) is 64.5 Å². The summed E-state index contributed by atoms with van der Waals surface area (Å²) in [5.41, 5.74) is 4.55. The Bertz CT molecular complexity index is 1220. The Kier molecular flexibility index (Phi) is 6.81. The largest absolute Gasteiger partial charge is 0.484 e. The summed E-state index contributed by atoms with van der Waals surface area (Å²) < 4.78 is 6.84. The molecule has 32 heavy (non-hydrogen) atoms. The highest BCUT2D eigenvalue weighted by atomic mass is 35.5. The number of nitrogens with one attached hydrogen (secondary N) is 1. The van der Waals surface area contributed by atoms with Crippen molar-refractivity contribution < 1.29 is 9.53 Å². The van der Waals surface area contributed by atoms with Gasteiger partial charge in [0.15, 0.2) is 6.61 Å². The number of aryl methyl sites for hydroxylation is 1. The highest BCUT2D eigenvalue weighted by Crippen LogP contribution is 2.45. The molecule has 1 N–H and O–H groups in total. The van der Waals surface area contributed by atoms with E-state index >= 15 is 0 Å². The van der Waals surface area contributed by atoms with Crippen LogP contribution in [0.15, 0.2) is 48.5 Å². The quantitative estimate of drug-likeness (QED) is 0.390. The number of anilines is 1. The number of carbonyl (C=O) groups is 1. The molecule has 1 aliphatic rings. The third-order valence-corrected chi connectivity index (χ3v) is 7.59. The number of rotatable bonds is 5. The van der Waals surface area contributed by atoms with Crippen molar-refractivity contribution in [3.63, 3.8) is 0 Å². The number of para-hydroxylation sites is 1. The van der Waals surface area contributed by atoms with Crippen LogP contribution in [0.4, 0.5) is 5.00 Å². The number of halogens is 1. The fourth-order valence-electron chi connectivity index (χ4n) is 3.77. The van der Waals surface area contributed by atoms with Crippen molar-refractivity contribution in [2.75, 3.05) is 25.5 Å². The molecule has 0 saturated carbocycles. The molecule has 5 rings (SSSR count). The summed E-state index contributed by atoms with van der Waals surface area (Å²) in [5.74, 6) is 0.536. The molecular weight excluding hydrogens is 462 g/mol. The van der Waals surface area contributed by atoms with E-state index in [2.05, 4.69) is 23.3 Å². The molecule has 5 nitrogen and oxygen atoms in total. The van der Waals surface area contributed by atoms with Gasteiger partial charge in [-0.15, -0.1) is 35.1 Å². The molecule has 0 spiro atoms. The smallest absolute Gasteiger partial charge is 0.262 e. The van der Waals surface area contributed by atoms with Crippen LogP contribution < -0.4 is 10.1 Å². The van der Waals surface area contributed by atoms with E-state index in [0.29, 0.717) is 5.75 Å². The molecule has 1 aliphatic heterocycles. The summed E-state index contributed by atoms with van der Waals surface area (Å²) in [4.78, 5) is 21.2. The first-order chi connectivity index (χ1) is 15.1. The lowest BCUT2D eigenvalue weighted by molar-refractivity contribution is -0.118. The minimum Gasteiger partial charge on any atom is -0.484 e. The number of benzene rings is 2. The molecule has 0 atom stereocenters. The maximum Gasteiger partial charge on any atom is 0.262 e. The molecular formula is C24H24ClN3O2S2. The van der Waals surface area contributed by atoms with E-state index in [4.69, 9.17) is 9.72 Å². The Labute approximate surface area is 201 Å². The van der Waals surface area contributed by atoms with Crippen molar-refractivity contribution in [2.24, 2.45) is 0 Å². The van der Waals surface area contributed by atoms with Crippen molar-refractivity contribution in [3.8, 4) is 16.3 Å². The average Bonchev–Trinajstić information content (AvgIpc) is 3.33. The van der Waals surface area contributed by atoms with E-state index in [9.17, 15) is 4.79 Å². The van der Waals surface area contributed by atoms with Gasteiger partial charge in [-0.25, -0.2) is 4.98 Å². The molecule has 1 amide bonds. The van der Waals surface area contributed by atoms with Gasteiger partial charge < -0.3 is 15.0 Å². The maximum atomic E-state index is 12.7. The third kappa shape index (κ3) is 4.66. The summed E-state index contributed by atoms with van der Waals surface area (Å²) in [6.07, 6.45) is 0.962. The second kappa shape index (κ2) is 9.58. The fraction of sp³-hybridized carbons (Fsp3) is 0.250. The number of fused-ring (bicyclic) bond motifs is 2. The van der Waals surface area contributed by atoms with Crippen LogP contribution in [-0.2, 0) is 17.8 Å². The lowest BCUT2D eigenvalue weighted by Gasteiger charge is -2.22. The predicted octanol–water partition coefficient (Wildman–Crippen LogP) is 5.76. The van der Waals surface area contributed by atoms with Crippen molar-refractivity contribution in [1.82, 2.24) is 9.88 Å². The van der Waals surface area contributed by atoms with Crippen LogP contribution in [0.25, 0.3) is 20.8 Å². The van der Waals surface area contributed by atoms with E-state index in [0.717, 1.165) is 50.9 Å². The molecule has 0 radical (unpaired) electrons.